The second-order valence-corrected chi connectivity index (χ2v) is 6.93. The normalized spacial score (nSPS) is 19.9. The van der Waals surface area contributed by atoms with E-state index < -0.39 is 0 Å². The molecule has 122 valence electrons. The lowest BCUT2D eigenvalue weighted by molar-refractivity contribution is -0.121. The molecule has 1 saturated heterocycles. The number of hydrogen-bond acceptors (Lipinski definition) is 3. The predicted molar refractivity (Wildman–Crippen MR) is 90.7 cm³/mol. The minimum atomic E-state index is -0.145. The Bertz CT molecular complexity index is 466. The lowest BCUT2D eigenvalue weighted by Gasteiger charge is -2.31. The van der Waals surface area contributed by atoms with E-state index in [1.54, 1.807) is 0 Å². The lowest BCUT2D eigenvalue weighted by atomic mass is 10.0. The molecule has 2 unspecified atom stereocenters. The van der Waals surface area contributed by atoms with Crippen LogP contribution < -0.4 is 16.0 Å². The van der Waals surface area contributed by atoms with Crippen molar-refractivity contribution in [3.8, 4) is 0 Å². The highest BCUT2D eigenvalue weighted by atomic mass is 16.1. The number of nitrogens with one attached hydrogen (secondary N) is 3. The molecular weight excluding hydrogens is 274 g/mol. The zero-order valence-corrected chi connectivity index (χ0v) is 14.0. The number of rotatable bonds is 7. The first-order valence-electron chi connectivity index (χ1n) is 8.29. The van der Waals surface area contributed by atoms with Crippen molar-refractivity contribution in [3.05, 3.63) is 35.9 Å². The summed E-state index contributed by atoms with van der Waals surface area (Å²) >= 11 is 0. The van der Waals surface area contributed by atoms with Crippen LogP contribution in [-0.4, -0.2) is 30.6 Å². The molecular formula is C18H29N3O. The largest absolute Gasteiger partial charge is 0.354 e. The van der Waals surface area contributed by atoms with Crippen molar-refractivity contribution < 1.29 is 4.79 Å². The predicted octanol–water partition coefficient (Wildman–Crippen LogP) is 2.37. The van der Waals surface area contributed by atoms with Crippen LogP contribution in [-0.2, 0) is 4.79 Å². The van der Waals surface area contributed by atoms with Crippen LogP contribution in [0.25, 0.3) is 0 Å². The van der Waals surface area contributed by atoms with Crippen LogP contribution in [0.1, 0.15) is 51.6 Å². The molecule has 1 aliphatic heterocycles. The summed E-state index contributed by atoms with van der Waals surface area (Å²) in [6.45, 7) is 8.08. The molecule has 0 saturated carbocycles. The summed E-state index contributed by atoms with van der Waals surface area (Å²) in [6.07, 6.45) is 2.88. The summed E-state index contributed by atoms with van der Waals surface area (Å²) in [5, 5.41) is 10.0. The summed E-state index contributed by atoms with van der Waals surface area (Å²) in [4.78, 5) is 12.0. The first-order valence-corrected chi connectivity index (χ1v) is 8.29. The third-order valence-corrected chi connectivity index (χ3v) is 4.23. The Morgan fingerprint density at radius 2 is 2.09 bits per heavy atom. The van der Waals surface area contributed by atoms with Gasteiger partial charge in [-0.1, -0.05) is 30.3 Å². The van der Waals surface area contributed by atoms with Gasteiger partial charge < -0.3 is 16.0 Å². The third kappa shape index (κ3) is 5.43. The average Bonchev–Trinajstić information content (AvgIpc) is 2.99. The van der Waals surface area contributed by atoms with Gasteiger partial charge in [-0.15, -0.1) is 0 Å². The lowest BCUT2D eigenvalue weighted by Crippen LogP contribution is -2.50. The van der Waals surface area contributed by atoms with Crippen LogP contribution in [0.15, 0.2) is 30.3 Å². The molecule has 1 amide bonds. The van der Waals surface area contributed by atoms with E-state index >= 15 is 0 Å². The van der Waals surface area contributed by atoms with Crippen LogP contribution >= 0.6 is 0 Å². The second kappa shape index (κ2) is 7.75. The maximum atomic E-state index is 12.0. The van der Waals surface area contributed by atoms with Crippen LogP contribution in [0.5, 0.6) is 0 Å². The molecule has 0 spiro atoms. The Morgan fingerprint density at radius 1 is 1.36 bits per heavy atom. The monoisotopic (exact) mass is 303 g/mol. The first-order chi connectivity index (χ1) is 10.5. The molecule has 4 nitrogen and oxygen atoms in total. The van der Waals surface area contributed by atoms with Crippen molar-refractivity contribution in [1.82, 2.24) is 16.0 Å². The Hall–Kier alpha value is -1.39. The summed E-state index contributed by atoms with van der Waals surface area (Å²) in [5.74, 6) is 0.140. The average molecular weight is 303 g/mol. The van der Waals surface area contributed by atoms with Gasteiger partial charge in [-0.2, -0.15) is 0 Å². The van der Waals surface area contributed by atoms with E-state index in [0.717, 1.165) is 13.0 Å². The molecule has 0 radical (unpaired) electrons. The highest BCUT2D eigenvalue weighted by Crippen LogP contribution is 2.16. The Labute approximate surface area is 134 Å². The standard InChI is InChI=1S/C18H29N3O/c1-14(15-8-5-4-6-9-15)21-18(2,3)13-20-17(22)12-16-10-7-11-19-16/h4-6,8-9,14,16,19,21H,7,10-13H2,1-3H3,(H,20,22). The van der Waals surface area contributed by atoms with Gasteiger partial charge in [0.25, 0.3) is 0 Å². The molecule has 22 heavy (non-hydrogen) atoms. The Kier molecular flexibility index (Phi) is 5.98. The number of amides is 1. The van der Waals surface area contributed by atoms with E-state index in [1.165, 1.54) is 12.0 Å². The van der Waals surface area contributed by atoms with E-state index in [4.69, 9.17) is 0 Å². The van der Waals surface area contributed by atoms with Crippen molar-refractivity contribution in [3.63, 3.8) is 0 Å². The van der Waals surface area contributed by atoms with E-state index in [2.05, 4.69) is 61.0 Å². The van der Waals surface area contributed by atoms with Gasteiger partial charge in [-0.25, -0.2) is 0 Å². The fraction of sp³-hybridized carbons (Fsp3) is 0.611. The molecule has 4 heteroatoms. The zero-order chi connectivity index (χ0) is 16.0. The van der Waals surface area contributed by atoms with Gasteiger partial charge in [0, 0.05) is 30.6 Å². The summed E-state index contributed by atoms with van der Waals surface area (Å²) in [5.41, 5.74) is 1.12. The fourth-order valence-electron chi connectivity index (χ4n) is 3.01. The van der Waals surface area contributed by atoms with Gasteiger partial charge >= 0.3 is 0 Å². The molecule has 0 bridgehead atoms. The Morgan fingerprint density at radius 3 is 2.73 bits per heavy atom. The van der Waals surface area contributed by atoms with E-state index in [9.17, 15) is 4.79 Å². The van der Waals surface area contributed by atoms with Gasteiger partial charge in [-0.3, -0.25) is 4.79 Å². The quantitative estimate of drug-likeness (QED) is 0.725. The molecule has 1 aromatic carbocycles. The van der Waals surface area contributed by atoms with E-state index in [1.807, 2.05) is 6.07 Å². The number of carbonyl (C=O) groups excluding carboxylic acids is 1. The molecule has 2 atom stereocenters. The fourth-order valence-corrected chi connectivity index (χ4v) is 3.01. The summed E-state index contributed by atoms with van der Waals surface area (Å²) in [6, 6.07) is 11.0. The minimum absolute atomic E-state index is 0.140. The number of hydrogen-bond donors (Lipinski definition) is 3. The van der Waals surface area contributed by atoms with Crippen molar-refractivity contribution in [2.45, 2.75) is 57.7 Å². The molecule has 1 aliphatic rings. The highest BCUT2D eigenvalue weighted by molar-refractivity contribution is 5.76. The highest BCUT2D eigenvalue weighted by Gasteiger charge is 2.23. The van der Waals surface area contributed by atoms with Gasteiger partial charge in [-0.05, 0) is 45.7 Å². The van der Waals surface area contributed by atoms with Gasteiger partial charge in [0.05, 0.1) is 0 Å². The molecule has 0 aliphatic carbocycles. The maximum Gasteiger partial charge on any atom is 0.221 e. The van der Waals surface area contributed by atoms with Crippen LogP contribution in [0.3, 0.4) is 0 Å². The summed E-state index contributed by atoms with van der Waals surface area (Å²) in [7, 11) is 0. The molecule has 1 fully saturated rings. The van der Waals surface area contributed by atoms with Crippen LogP contribution in [0.2, 0.25) is 0 Å². The molecule has 3 N–H and O–H groups in total. The summed E-state index contributed by atoms with van der Waals surface area (Å²) < 4.78 is 0. The van der Waals surface area contributed by atoms with Gasteiger partial charge in [0.2, 0.25) is 5.91 Å². The molecule has 1 aromatic rings. The second-order valence-electron chi connectivity index (χ2n) is 6.93. The first kappa shape index (κ1) is 17.0. The van der Waals surface area contributed by atoms with Crippen molar-refractivity contribution in [2.24, 2.45) is 0 Å². The van der Waals surface area contributed by atoms with Crippen LogP contribution in [0.4, 0.5) is 0 Å². The SMILES string of the molecule is CC(NC(C)(C)CNC(=O)CC1CCCN1)c1ccccc1. The molecule has 2 rings (SSSR count). The van der Waals surface area contributed by atoms with Crippen LogP contribution in [0, 0.1) is 0 Å². The van der Waals surface area contributed by atoms with Gasteiger partial charge in [0.1, 0.15) is 0 Å². The van der Waals surface area contributed by atoms with Crippen molar-refractivity contribution in [1.29, 1.82) is 0 Å². The van der Waals surface area contributed by atoms with Crippen molar-refractivity contribution >= 4 is 5.91 Å². The molecule has 0 aromatic heterocycles. The number of carbonyl (C=O) groups is 1. The van der Waals surface area contributed by atoms with Gasteiger partial charge in [0.15, 0.2) is 0 Å². The smallest absolute Gasteiger partial charge is 0.221 e. The molecule has 1 heterocycles. The van der Waals surface area contributed by atoms with Crippen molar-refractivity contribution in [2.75, 3.05) is 13.1 Å². The van der Waals surface area contributed by atoms with E-state index in [-0.39, 0.29) is 17.5 Å². The topological polar surface area (TPSA) is 53.2 Å². The Balaban J connectivity index is 1.76. The number of benzene rings is 1. The third-order valence-electron chi connectivity index (χ3n) is 4.23. The minimum Gasteiger partial charge on any atom is -0.354 e. The zero-order valence-electron chi connectivity index (χ0n) is 14.0. The van der Waals surface area contributed by atoms with E-state index in [0.29, 0.717) is 19.0 Å². The maximum absolute atomic E-state index is 12.0.